The van der Waals surface area contributed by atoms with Crippen LogP contribution in [-0.4, -0.2) is 124 Å². The third-order valence-corrected chi connectivity index (χ3v) is 11.2. The zero-order valence-electron chi connectivity index (χ0n) is 42.3. The maximum atomic E-state index is 14.8. The lowest BCUT2D eigenvalue weighted by molar-refractivity contribution is -0.144. The monoisotopic (exact) mass is 962 g/mol. The molecule has 2 heterocycles. The van der Waals surface area contributed by atoms with Gasteiger partial charge in [-0.2, -0.15) is 0 Å². The normalized spacial score (nSPS) is 18.4. The summed E-state index contributed by atoms with van der Waals surface area (Å²) in [5.41, 5.74) is -1.37. The van der Waals surface area contributed by atoms with Crippen LogP contribution < -0.4 is 26.6 Å². The van der Waals surface area contributed by atoms with E-state index in [1.807, 2.05) is 68.4 Å². The minimum absolute atomic E-state index is 0.0513. The van der Waals surface area contributed by atoms with Crippen molar-refractivity contribution in [3.63, 3.8) is 0 Å². The fraction of sp³-hybridized carbons (Fsp3) is 0.608. The van der Waals surface area contributed by atoms with Crippen molar-refractivity contribution in [3.8, 4) is 0 Å². The van der Waals surface area contributed by atoms with Crippen LogP contribution in [0.15, 0.2) is 54.6 Å². The molecule has 5 atom stereocenters. The molecule has 0 spiro atoms. The van der Waals surface area contributed by atoms with E-state index in [2.05, 4.69) is 26.6 Å². The molecule has 4 rings (SSSR count). The van der Waals surface area contributed by atoms with E-state index in [9.17, 15) is 38.4 Å². The first-order chi connectivity index (χ1) is 32.2. The number of benzene rings is 2. The van der Waals surface area contributed by atoms with Gasteiger partial charge in [0.2, 0.25) is 23.6 Å². The molecular formula is C51H75N7O11. The average Bonchev–Trinajstić information content (AvgIpc) is 3.66. The van der Waals surface area contributed by atoms with Crippen molar-refractivity contribution in [1.29, 1.82) is 0 Å². The number of hydrogen-bond donors (Lipinski definition) is 5. The molecule has 3 unspecified atom stereocenters. The Morgan fingerprint density at radius 1 is 0.710 bits per heavy atom. The van der Waals surface area contributed by atoms with Gasteiger partial charge in [-0.1, -0.05) is 68.4 Å². The van der Waals surface area contributed by atoms with Crippen LogP contribution in [0.25, 0.3) is 0 Å². The van der Waals surface area contributed by atoms with Gasteiger partial charge in [-0.15, -0.1) is 0 Å². The van der Waals surface area contributed by atoms with E-state index >= 15 is 0 Å². The van der Waals surface area contributed by atoms with Crippen LogP contribution in [0.2, 0.25) is 0 Å². The van der Waals surface area contributed by atoms with E-state index in [4.69, 9.17) is 14.2 Å². The molecule has 0 aliphatic carbocycles. The molecule has 2 aliphatic heterocycles. The Balaban J connectivity index is 1.60. The number of rotatable bonds is 18. The van der Waals surface area contributed by atoms with Crippen molar-refractivity contribution in [2.45, 2.75) is 174 Å². The van der Waals surface area contributed by atoms with Gasteiger partial charge in [0.05, 0.1) is 6.54 Å². The van der Waals surface area contributed by atoms with Crippen LogP contribution in [0, 0.1) is 5.92 Å². The fourth-order valence-corrected chi connectivity index (χ4v) is 8.14. The Morgan fingerprint density at radius 3 is 1.91 bits per heavy atom. The van der Waals surface area contributed by atoms with E-state index < -0.39 is 88.4 Å². The summed E-state index contributed by atoms with van der Waals surface area (Å²) in [6.45, 7) is 19.4. The zero-order valence-corrected chi connectivity index (χ0v) is 42.3. The second-order valence-electron chi connectivity index (χ2n) is 21.4. The molecule has 0 bridgehead atoms. The third-order valence-electron chi connectivity index (χ3n) is 11.2. The van der Waals surface area contributed by atoms with Gasteiger partial charge in [0, 0.05) is 32.5 Å². The summed E-state index contributed by atoms with van der Waals surface area (Å²) in [5.74, 6) is -2.38. The number of likely N-dealkylation sites (tertiary alicyclic amines) is 1. The van der Waals surface area contributed by atoms with Crippen LogP contribution >= 0.6 is 0 Å². The second-order valence-corrected chi connectivity index (χ2v) is 21.4. The zero-order chi connectivity index (χ0) is 51.3. The van der Waals surface area contributed by atoms with Crippen molar-refractivity contribution < 1.29 is 52.6 Å². The van der Waals surface area contributed by atoms with Crippen molar-refractivity contribution in [1.82, 2.24) is 36.4 Å². The van der Waals surface area contributed by atoms with Gasteiger partial charge >= 0.3 is 18.3 Å². The number of hydrogen-bond acceptors (Lipinski definition) is 11. The molecule has 7 amide bonds. The van der Waals surface area contributed by atoms with Crippen LogP contribution in [0.4, 0.5) is 14.4 Å². The van der Waals surface area contributed by atoms with Crippen LogP contribution in [0.1, 0.15) is 125 Å². The number of nitrogens with zero attached hydrogens (tertiary/aromatic N) is 2. The van der Waals surface area contributed by atoms with Gasteiger partial charge in [0.1, 0.15) is 52.8 Å². The van der Waals surface area contributed by atoms with E-state index in [1.54, 1.807) is 62.3 Å². The molecule has 380 valence electrons. The minimum atomic E-state index is -1.43. The van der Waals surface area contributed by atoms with Crippen molar-refractivity contribution in [2.24, 2.45) is 5.92 Å². The first-order valence-corrected chi connectivity index (χ1v) is 23.9. The SMILES string of the molecule is CC(C)CC(NC(=O)[C@@H]1Cc2ccccc2CN1C(=O)C(Cc1ccccc1)NC(=O)OC(C)(C)C)C(=O)N[C@H](CCCCNC(=O)OC(C)(C)C)C(=O)N1CCC(C=O)(NC(=O)OC(C)(C)C)C1. The molecule has 2 aromatic rings. The lowest BCUT2D eigenvalue weighted by Gasteiger charge is -2.39. The lowest BCUT2D eigenvalue weighted by Crippen LogP contribution is -2.61. The Kier molecular flexibility index (Phi) is 19.2. The third kappa shape index (κ3) is 18.0. The topological polar surface area (TPSA) is 231 Å². The van der Waals surface area contributed by atoms with Gasteiger partial charge in [0.15, 0.2) is 0 Å². The maximum absolute atomic E-state index is 14.8. The number of aldehydes is 1. The van der Waals surface area contributed by atoms with Crippen LogP contribution in [-0.2, 0) is 57.6 Å². The molecule has 18 nitrogen and oxygen atoms in total. The standard InChI is InChI=1S/C51H75N7O11/c1-33(2)27-38(41(60)53-37(23-17-18-25-52-45(64)67-48(3,4)5)43(62)57-26-24-51(31-57,32-59)56-47(66)69-50(9,10)11)54-42(61)40-29-35-21-15-16-22-36(35)30-58(40)44(63)39(28-34-19-13-12-14-20-34)55-46(65)68-49(6,7)8/h12-16,19-22,32-33,37-40H,17-18,23-31H2,1-11H3,(H,52,64)(H,53,60)(H,54,61)(H,55,65)(H,56,66)/t37-,38?,39?,40+,51?/m1/s1. The summed E-state index contributed by atoms with van der Waals surface area (Å²) in [6.07, 6.45) is -0.188. The van der Waals surface area contributed by atoms with Gasteiger partial charge < -0.3 is 55.4 Å². The molecule has 1 saturated heterocycles. The molecule has 2 aromatic carbocycles. The molecule has 0 saturated carbocycles. The van der Waals surface area contributed by atoms with E-state index in [0.717, 1.165) is 16.7 Å². The lowest BCUT2D eigenvalue weighted by atomic mass is 9.91. The number of ether oxygens (including phenoxy) is 3. The first-order valence-electron chi connectivity index (χ1n) is 23.9. The maximum Gasteiger partial charge on any atom is 0.408 e. The molecular weight excluding hydrogens is 887 g/mol. The summed E-state index contributed by atoms with van der Waals surface area (Å²) < 4.78 is 16.3. The highest BCUT2D eigenvalue weighted by molar-refractivity contribution is 5.96. The number of fused-ring (bicyclic) bond motifs is 1. The first kappa shape index (κ1) is 55.4. The Labute approximate surface area is 407 Å². The van der Waals surface area contributed by atoms with Crippen LogP contribution in [0.5, 0.6) is 0 Å². The van der Waals surface area contributed by atoms with Crippen molar-refractivity contribution >= 4 is 48.2 Å². The predicted molar refractivity (Wildman–Crippen MR) is 259 cm³/mol. The summed E-state index contributed by atoms with van der Waals surface area (Å²) in [5, 5.41) is 13.9. The van der Waals surface area contributed by atoms with E-state index in [0.29, 0.717) is 19.1 Å². The molecule has 5 N–H and O–H groups in total. The number of carbonyl (C=O) groups excluding carboxylic acids is 8. The number of nitrogens with one attached hydrogen (secondary N) is 5. The highest BCUT2D eigenvalue weighted by atomic mass is 16.6. The molecule has 2 aliphatic rings. The summed E-state index contributed by atoms with van der Waals surface area (Å²) in [6, 6.07) is 12.1. The Bertz CT molecular complexity index is 2130. The number of alkyl carbamates (subject to hydrolysis) is 3. The Morgan fingerprint density at radius 2 is 1.30 bits per heavy atom. The van der Waals surface area contributed by atoms with Gasteiger partial charge in [-0.25, -0.2) is 14.4 Å². The van der Waals surface area contributed by atoms with Crippen LogP contribution in [0.3, 0.4) is 0 Å². The van der Waals surface area contributed by atoms with Crippen molar-refractivity contribution in [3.05, 3.63) is 71.3 Å². The molecule has 69 heavy (non-hydrogen) atoms. The minimum Gasteiger partial charge on any atom is -0.444 e. The average molecular weight is 962 g/mol. The van der Waals surface area contributed by atoms with Crippen molar-refractivity contribution in [2.75, 3.05) is 19.6 Å². The smallest absolute Gasteiger partial charge is 0.408 e. The number of amides is 7. The molecule has 0 aromatic heterocycles. The van der Waals surface area contributed by atoms with Gasteiger partial charge in [-0.3, -0.25) is 19.2 Å². The summed E-state index contributed by atoms with van der Waals surface area (Å²) >= 11 is 0. The largest absolute Gasteiger partial charge is 0.444 e. The quantitative estimate of drug-likeness (QED) is 0.0714. The number of carbonyl (C=O) groups is 8. The Hall–Kier alpha value is -6.20. The highest BCUT2D eigenvalue weighted by Crippen LogP contribution is 2.27. The molecule has 18 heteroatoms. The summed E-state index contributed by atoms with van der Waals surface area (Å²) in [7, 11) is 0. The molecule has 1 fully saturated rings. The number of unbranched alkanes of at least 4 members (excludes halogenated alkanes) is 1. The summed E-state index contributed by atoms with van der Waals surface area (Å²) in [4.78, 5) is 112. The van der Waals surface area contributed by atoms with E-state index in [1.165, 1.54) is 9.80 Å². The van der Waals surface area contributed by atoms with E-state index in [-0.39, 0.29) is 64.2 Å². The van der Waals surface area contributed by atoms with Gasteiger partial charge in [0.25, 0.3) is 0 Å². The highest BCUT2D eigenvalue weighted by Gasteiger charge is 2.45. The second kappa shape index (κ2) is 23.9. The predicted octanol–water partition coefficient (Wildman–Crippen LogP) is 5.48. The molecule has 0 radical (unpaired) electrons. The fourth-order valence-electron chi connectivity index (χ4n) is 8.14. The van der Waals surface area contributed by atoms with Gasteiger partial charge in [-0.05, 0) is 117 Å².